The second-order valence-electron chi connectivity index (χ2n) is 7.62. The van der Waals surface area contributed by atoms with E-state index in [1.165, 1.54) is 18.2 Å². The molecule has 160 valence electrons. The molecule has 1 saturated carbocycles. The SMILES string of the molecule is CC1(C)C(C=C(Cl)C(F)(F)F)C1C(=O)OCc1ccc(F)c(Oc2ccccc2)c1. The highest BCUT2D eigenvalue weighted by Gasteiger charge is 2.62. The molecule has 0 heterocycles. The first-order chi connectivity index (χ1) is 14.0. The molecule has 0 amide bonds. The number of hydrogen-bond donors (Lipinski definition) is 0. The molecule has 0 spiro atoms. The van der Waals surface area contributed by atoms with Crippen molar-refractivity contribution in [3.05, 3.63) is 71.0 Å². The van der Waals surface area contributed by atoms with Gasteiger partial charge in [0.25, 0.3) is 0 Å². The highest BCUT2D eigenvalue weighted by molar-refractivity contribution is 6.30. The van der Waals surface area contributed by atoms with Gasteiger partial charge in [-0.3, -0.25) is 4.79 Å². The van der Waals surface area contributed by atoms with Gasteiger partial charge in [0.2, 0.25) is 0 Å². The van der Waals surface area contributed by atoms with E-state index in [1.807, 2.05) is 0 Å². The van der Waals surface area contributed by atoms with Crippen molar-refractivity contribution in [1.82, 2.24) is 0 Å². The molecule has 0 saturated heterocycles. The van der Waals surface area contributed by atoms with Crippen LogP contribution in [0, 0.1) is 23.1 Å². The number of carbonyl (C=O) groups is 1. The minimum atomic E-state index is -4.65. The van der Waals surface area contributed by atoms with Gasteiger partial charge in [-0.15, -0.1) is 0 Å². The molecule has 1 aliphatic rings. The van der Waals surface area contributed by atoms with Crippen molar-refractivity contribution < 1.29 is 31.8 Å². The predicted molar refractivity (Wildman–Crippen MR) is 103 cm³/mol. The summed E-state index contributed by atoms with van der Waals surface area (Å²) >= 11 is 5.30. The van der Waals surface area contributed by atoms with Gasteiger partial charge in [-0.05, 0) is 41.2 Å². The smallest absolute Gasteiger partial charge is 0.426 e. The number of ether oxygens (including phenoxy) is 2. The molecular formula is C22H19ClF4O3. The first-order valence-electron chi connectivity index (χ1n) is 9.12. The van der Waals surface area contributed by atoms with Crippen LogP contribution in [0.25, 0.3) is 0 Å². The van der Waals surface area contributed by atoms with Crippen molar-refractivity contribution in [2.24, 2.45) is 17.3 Å². The minimum Gasteiger partial charge on any atom is -0.461 e. The van der Waals surface area contributed by atoms with Gasteiger partial charge in [-0.25, -0.2) is 4.39 Å². The van der Waals surface area contributed by atoms with Crippen molar-refractivity contribution in [3.8, 4) is 11.5 Å². The Morgan fingerprint density at radius 1 is 1.17 bits per heavy atom. The highest BCUT2D eigenvalue weighted by atomic mass is 35.5. The maximum Gasteiger partial charge on any atom is 0.426 e. The lowest BCUT2D eigenvalue weighted by molar-refractivity contribution is -0.147. The summed E-state index contributed by atoms with van der Waals surface area (Å²) in [5, 5.41) is -1.25. The molecule has 2 unspecified atom stereocenters. The number of allylic oxidation sites excluding steroid dienone is 2. The van der Waals surface area contributed by atoms with Crippen molar-refractivity contribution in [1.29, 1.82) is 0 Å². The number of halogens is 5. The van der Waals surface area contributed by atoms with Gasteiger partial charge in [0.1, 0.15) is 17.4 Å². The topological polar surface area (TPSA) is 35.5 Å². The number of rotatable bonds is 6. The van der Waals surface area contributed by atoms with Crippen LogP contribution in [0.2, 0.25) is 0 Å². The van der Waals surface area contributed by atoms with Crippen molar-refractivity contribution in [2.45, 2.75) is 26.6 Å². The van der Waals surface area contributed by atoms with Crippen LogP contribution in [-0.2, 0) is 16.1 Å². The molecule has 30 heavy (non-hydrogen) atoms. The number of hydrogen-bond acceptors (Lipinski definition) is 3. The van der Waals surface area contributed by atoms with Crippen LogP contribution in [0.4, 0.5) is 17.6 Å². The summed E-state index contributed by atoms with van der Waals surface area (Å²) in [6.07, 6.45) is -3.80. The summed E-state index contributed by atoms with van der Waals surface area (Å²) in [4.78, 5) is 12.4. The molecule has 3 rings (SSSR count). The third-order valence-electron chi connectivity index (χ3n) is 5.11. The molecule has 0 aromatic heterocycles. The average molecular weight is 443 g/mol. The molecule has 0 aliphatic heterocycles. The van der Waals surface area contributed by atoms with E-state index in [-0.39, 0.29) is 12.4 Å². The fourth-order valence-corrected chi connectivity index (χ4v) is 3.40. The first kappa shape index (κ1) is 22.2. The molecule has 1 fully saturated rings. The summed E-state index contributed by atoms with van der Waals surface area (Å²) in [6.45, 7) is 3.18. The lowest BCUT2D eigenvalue weighted by Gasteiger charge is -2.10. The second kappa shape index (κ2) is 8.30. The van der Waals surface area contributed by atoms with Crippen LogP contribution < -0.4 is 4.74 Å². The zero-order valence-electron chi connectivity index (χ0n) is 16.2. The van der Waals surface area contributed by atoms with Gasteiger partial charge in [0.15, 0.2) is 11.6 Å². The van der Waals surface area contributed by atoms with Crippen molar-refractivity contribution in [2.75, 3.05) is 0 Å². The Balaban J connectivity index is 1.64. The standard InChI is InChI=1S/C22H19ClF4O3/c1-21(2)15(11-18(23)22(25,26)27)19(21)20(28)29-12-13-8-9-16(24)17(10-13)30-14-6-4-3-5-7-14/h3-11,15,19H,12H2,1-2H3. The molecule has 0 bridgehead atoms. The van der Waals surface area contributed by atoms with Gasteiger partial charge >= 0.3 is 12.1 Å². The van der Waals surface area contributed by atoms with Gasteiger partial charge in [0.05, 0.1) is 5.92 Å². The van der Waals surface area contributed by atoms with Crippen molar-refractivity contribution >= 4 is 17.6 Å². The van der Waals surface area contributed by atoms with E-state index in [0.29, 0.717) is 11.3 Å². The van der Waals surface area contributed by atoms with E-state index in [4.69, 9.17) is 21.1 Å². The van der Waals surface area contributed by atoms with E-state index < -0.39 is 40.2 Å². The number of carbonyl (C=O) groups excluding carboxylic acids is 1. The van der Waals surface area contributed by atoms with E-state index in [0.717, 1.165) is 6.08 Å². The summed E-state index contributed by atoms with van der Waals surface area (Å²) < 4.78 is 62.7. The normalized spacial score (nSPS) is 20.6. The molecule has 1 aliphatic carbocycles. The molecule has 2 atom stereocenters. The van der Waals surface area contributed by atoms with Crippen LogP contribution >= 0.6 is 11.6 Å². The molecule has 2 aromatic carbocycles. The Morgan fingerprint density at radius 3 is 2.47 bits per heavy atom. The molecule has 0 N–H and O–H groups in total. The fraction of sp³-hybridized carbons (Fsp3) is 0.318. The second-order valence-corrected chi connectivity index (χ2v) is 8.03. The lowest BCUT2D eigenvalue weighted by atomic mass is 10.1. The zero-order chi connectivity index (χ0) is 22.1. The predicted octanol–water partition coefficient (Wildman–Crippen LogP) is 6.62. The van der Waals surface area contributed by atoms with E-state index >= 15 is 0 Å². The molecule has 8 heteroatoms. The molecule has 3 nitrogen and oxygen atoms in total. The molecular weight excluding hydrogens is 424 g/mol. The largest absolute Gasteiger partial charge is 0.461 e. The Labute approximate surface area is 176 Å². The summed E-state index contributed by atoms with van der Waals surface area (Å²) in [5.41, 5.74) is -0.220. The monoisotopic (exact) mass is 442 g/mol. The van der Waals surface area contributed by atoms with Gasteiger partial charge in [-0.1, -0.05) is 55.8 Å². The molecule has 2 aromatic rings. The third-order valence-corrected chi connectivity index (χ3v) is 5.45. The van der Waals surface area contributed by atoms with Gasteiger partial charge in [0, 0.05) is 0 Å². The Kier molecular flexibility index (Phi) is 6.13. The van der Waals surface area contributed by atoms with Crippen LogP contribution in [0.15, 0.2) is 59.6 Å². The van der Waals surface area contributed by atoms with Crippen molar-refractivity contribution in [3.63, 3.8) is 0 Å². The van der Waals surface area contributed by atoms with E-state index in [2.05, 4.69) is 0 Å². The van der Waals surface area contributed by atoms with Gasteiger partial charge in [-0.2, -0.15) is 13.2 Å². The Bertz CT molecular complexity index is 955. The number of esters is 1. The Morgan fingerprint density at radius 2 is 1.83 bits per heavy atom. The third kappa shape index (κ3) is 4.95. The Hall–Kier alpha value is -2.54. The number of alkyl halides is 3. The van der Waals surface area contributed by atoms with Crippen LogP contribution in [0.1, 0.15) is 19.4 Å². The summed E-state index contributed by atoms with van der Waals surface area (Å²) in [7, 11) is 0. The van der Waals surface area contributed by atoms with E-state index in [1.54, 1.807) is 44.2 Å². The highest BCUT2D eigenvalue weighted by Crippen LogP contribution is 2.60. The van der Waals surface area contributed by atoms with Crippen LogP contribution in [0.3, 0.4) is 0 Å². The molecule has 0 radical (unpaired) electrons. The van der Waals surface area contributed by atoms with Crippen LogP contribution in [-0.4, -0.2) is 12.1 Å². The first-order valence-corrected chi connectivity index (χ1v) is 9.50. The van der Waals surface area contributed by atoms with Gasteiger partial charge < -0.3 is 9.47 Å². The quantitative estimate of drug-likeness (QED) is 0.372. The summed E-state index contributed by atoms with van der Waals surface area (Å²) in [5.74, 6) is -2.22. The zero-order valence-corrected chi connectivity index (χ0v) is 16.9. The minimum absolute atomic E-state index is 0.0285. The fourth-order valence-electron chi connectivity index (χ4n) is 3.27. The number of benzene rings is 2. The number of para-hydroxylation sites is 1. The maximum absolute atomic E-state index is 14.0. The van der Waals surface area contributed by atoms with Crippen LogP contribution in [0.5, 0.6) is 11.5 Å². The maximum atomic E-state index is 14.0. The van der Waals surface area contributed by atoms with E-state index in [9.17, 15) is 22.4 Å². The summed E-state index contributed by atoms with van der Waals surface area (Å²) in [6, 6.07) is 12.7. The average Bonchev–Trinajstić information content (AvgIpc) is 3.22. The lowest BCUT2D eigenvalue weighted by Crippen LogP contribution is -2.11.